The van der Waals surface area contributed by atoms with Crippen LogP contribution in [0.4, 0.5) is 0 Å². The quantitative estimate of drug-likeness (QED) is 0.0442. The summed E-state index contributed by atoms with van der Waals surface area (Å²) in [6.45, 7) is 9.74. The molecule has 0 rings (SSSR count). The van der Waals surface area contributed by atoms with E-state index in [4.69, 9.17) is 46.7 Å². The Morgan fingerprint density at radius 3 is 0.822 bits per heavy atom. The molecule has 264 valence electrons. The van der Waals surface area contributed by atoms with Crippen LogP contribution in [0.2, 0.25) is 0 Å². The van der Waals surface area contributed by atoms with Gasteiger partial charge in [0.2, 0.25) is 0 Å². The Hall–Kier alpha value is 1.63. The van der Waals surface area contributed by atoms with Crippen molar-refractivity contribution >= 4 is 10.4 Å². The molecular formula is C32H68Na2O10S. The second kappa shape index (κ2) is 52.4. The van der Waals surface area contributed by atoms with E-state index in [1.54, 1.807) is 0 Å². The van der Waals surface area contributed by atoms with Crippen LogP contribution in [0.25, 0.3) is 0 Å². The van der Waals surface area contributed by atoms with Crippen LogP contribution >= 0.6 is 0 Å². The summed E-state index contributed by atoms with van der Waals surface area (Å²) in [4.78, 5) is 0. The molecule has 45 heavy (non-hydrogen) atoms. The van der Waals surface area contributed by atoms with Crippen molar-refractivity contribution in [2.45, 2.75) is 142 Å². The van der Waals surface area contributed by atoms with E-state index in [1.165, 1.54) is 116 Å². The predicted molar refractivity (Wildman–Crippen MR) is 172 cm³/mol. The molecule has 13 heteroatoms. The van der Waals surface area contributed by atoms with E-state index < -0.39 is 10.4 Å². The Morgan fingerprint density at radius 1 is 0.400 bits per heavy atom. The van der Waals surface area contributed by atoms with Gasteiger partial charge in [-0.3, -0.25) is 8.42 Å². The molecular weight excluding hydrogens is 622 g/mol. The number of hydrogen-bond donors (Lipinski definition) is 2. The van der Waals surface area contributed by atoms with Crippen LogP contribution in [-0.4, -0.2) is 93.8 Å². The largest absolute Gasteiger partial charge is 1.00 e. The molecule has 0 aliphatic carbocycles. The molecule has 0 aliphatic rings. The van der Waals surface area contributed by atoms with E-state index in [-0.39, 0.29) is 72.3 Å². The van der Waals surface area contributed by atoms with Gasteiger partial charge in [0.05, 0.1) is 52.9 Å². The normalized spacial score (nSPS) is 10.6. The fourth-order valence-corrected chi connectivity index (χ4v) is 4.16. The van der Waals surface area contributed by atoms with Crippen molar-refractivity contribution in [3.8, 4) is 0 Å². The third kappa shape index (κ3) is 76.8. The van der Waals surface area contributed by atoms with Gasteiger partial charge in [-0.15, -0.1) is 0 Å². The molecule has 0 heterocycles. The maximum Gasteiger partial charge on any atom is 1.00 e. The minimum Gasteiger partial charge on any atom is -0.759 e. The Kier molecular flexibility index (Phi) is 65.3. The molecule has 0 fully saturated rings. The van der Waals surface area contributed by atoms with Gasteiger partial charge in [-0.2, -0.15) is 0 Å². The fraction of sp³-hybridized carbons (Fsp3) is 1.00. The van der Waals surface area contributed by atoms with Crippen LogP contribution < -0.4 is 59.1 Å². The first-order valence-electron chi connectivity index (χ1n) is 17.0. The number of rotatable bonds is 32. The second-order valence-corrected chi connectivity index (χ2v) is 11.5. The third-order valence-corrected chi connectivity index (χ3v) is 6.50. The van der Waals surface area contributed by atoms with Gasteiger partial charge in [-0.1, -0.05) is 129 Å². The number of hydrogen-bond acceptors (Lipinski definition) is 10. The van der Waals surface area contributed by atoms with Gasteiger partial charge in [0.25, 0.3) is 0 Å². The summed E-state index contributed by atoms with van der Waals surface area (Å²) in [5, 5.41) is 17.0. The van der Waals surface area contributed by atoms with Crippen molar-refractivity contribution in [1.29, 1.82) is 0 Å². The van der Waals surface area contributed by atoms with Gasteiger partial charge in [-0.25, -0.2) is 0 Å². The molecule has 0 aliphatic heterocycles. The molecule has 0 aromatic carbocycles. The van der Waals surface area contributed by atoms with Crippen molar-refractivity contribution in [2.24, 2.45) is 0 Å². The molecule has 2 N–H and O–H groups in total. The van der Waals surface area contributed by atoms with Gasteiger partial charge >= 0.3 is 59.1 Å². The Balaban J connectivity index is -0.000000198. The fourth-order valence-electron chi connectivity index (χ4n) is 4.16. The number of ether oxygens (including phenoxy) is 4. The minimum atomic E-state index is -5.17. The van der Waals surface area contributed by atoms with E-state index in [0.29, 0.717) is 39.6 Å². The average Bonchev–Trinajstić information content (AvgIpc) is 2.97. The Morgan fingerprint density at radius 2 is 0.600 bits per heavy atom. The zero-order valence-corrected chi connectivity index (χ0v) is 34.6. The maximum atomic E-state index is 8.52. The summed E-state index contributed by atoms with van der Waals surface area (Å²) in [5.74, 6) is 0. The van der Waals surface area contributed by atoms with Gasteiger partial charge in [0.1, 0.15) is 0 Å². The summed E-state index contributed by atoms with van der Waals surface area (Å²) in [5.41, 5.74) is 0. The number of aliphatic hydroxyl groups excluding tert-OH is 2. The monoisotopic (exact) mass is 690 g/mol. The summed E-state index contributed by atoms with van der Waals surface area (Å²) in [7, 11) is -5.17. The molecule has 0 amide bonds. The van der Waals surface area contributed by atoms with Crippen LogP contribution in [0.15, 0.2) is 0 Å². The van der Waals surface area contributed by atoms with Gasteiger partial charge < -0.3 is 38.3 Å². The average molecular weight is 691 g/mol. The number of unbranched alkanes of at least 4 members (excludes halogenated alkanes) is 18. The van der Waals surface area contributed by atoms with E-state index >= 15 is 0 Å². The summed E-state index contributed by atoms with van der Waals surface area (Å²) in [6.07, 6.45) is 27.1. The molecule has 0 unspecified atom stereocenters. The zero-order valence-electron chi connectivity index (χ0n) is 29.8. The third-order valence-electron chi connectivity index (χ3n) is 6.50. The zero-order chi connectivity index (χ0) is 32.5. The molecule has 0 radical (unpaired) electrons. The van der Waals surface area contributed by atoms with Crippen molar-refractivity contribution in [2.75, 3.05) is 66.1 Å². The SMILES string of the molecule is CCCCCCCCCCCCOCCOCCO.CCCCCCCCCCCCOCCOCCO.O=S(=O)([O-])[O-].[Na+].[Na+]. The van der Waals surface area contributed by atoms with Gasteiger partial charge in [0, 0.05) is 23.6 Å². The maximum absolute atomic E-state index is 8.52. The Bertz CT molecular complexity index is 502. The molecule has 0 aromatic heterocycles. The van der Waals surface area contributed by atoms with Crippen molar-refractivity contribution in [3.05, 3.63) is 0 Å². The number of aliphatic hydroxyl groups is 2. The molecule has 0 spiro atoms. The molecule has 0 saturated carbocycles. The van der Waals surface area contributed by atoms with Gasteiger partial charge in [-0.05, 0) is 12.8 Å². The van der Waals surface area contributed by atoms with E-state index in [2.05, 4.69) is 13.8 Å². The van der Waals surface area contributed by atoms with Crippen LogP contribution in [0, 0.1) is 0 Å². The van der Waals surface area contributed by atoms with E-state index in [9.17, 15) is 0 Å². The van der Waals surface area contributed by atoms with Crippen LogP contribution in [0.3, 0.4) is 0 Å². The van der Waals surface area contributed by atoms with Crippen LogP contribution in [-0.2, 0) is 29.3 Å². The molecule has 0 aromatic rings. The standard InChI is InChI=1S/2C16H34O3.2Na.H2O4S/c2*1-2-3-4-5-6-7-8-9-10-11-13-18-15-16-19-14-12-17;;;1-5(2,3)4/h2*17H,2-16H2,1H3;;;(H2,1,2,3,4)/q;;2*+1;/p-2. The van der Waals surface area contributed by atoms with Crippen molar-refractivity contribution < 1.29 is 106 Å². The minimum absolute atomic E-state index is 0. The van der Waals surface area contributed by atoms with Crippen molar-refractivity contribution in [1.82, 2.24) is 0 Å². The van der Waals surface area contributed by atoms with Crippen LogP contribution in [0.5, 0.6) is 0 Å². The summed E-state index contributed by atoms with van der Waals surface area (Å²) >= 11 is 0. The molecule has 0 atom stereocenters. The molecule has 10 nitrogen and oxygen atoms in total. The Labute approximate surface area is 322 Å². The second-order valence-electron chi connectivity index (χ2n) is 10.7. The first-order valence-corrected chi connectivity index (χ1v) is 18.4. The summed E-state index contributed by atoms with van der Waals surface area (Å²) < 4.78 is 55.2. The van der Waals surface area contributed by atoms with Gasteiger partial charge in [0.15, 0.2) is 0 Å². The predicted octanol–water partition coefficient (Wildman–Crippen LogP) is 0.536. The summed E-state index contributed by atoms with van der Waals surface area (Å²) in [6, 6.07) is 0. The van der Waals surface area contributed by atoms with Crippen molar-refractivity contribution in [3.63, 3.8) is 0 Å². The molecule has 0 bridgehead atoms. The van der Waals surface area contributed by atoms with E-state index in [1.807, 2.05) is 0 Å². The topological polar surface area (TPSA) is 158 Å². The van der Waals surface area contributed by atoms with Crippen LogP contribution in [0.1, 0.15) is 142 Å². The smallest absolute Gasteiger partial charge is 0.759 e. The first kappa shape index (κ1) is 56.0. The molecule has 0 saturated heterocycles. The van der Waals surface area contributed by atoms with E-state index in [0.717, 1.165) is 26.1 Å². The first-order chi connectivity index (χ1) is 20.8.